The van der Waals surface area contributed by atoms with Crippen molar-refractivity contribution in [1.82, 2.24) is 5.32 Å². The molecule has 1 aliphatic carbocycles. The number of amides is 1. The molecule has 2 aromatic rings. The first-order valence-corrected chi connectivity index (χ1v) is 8.63. The van der Waals surface area contributed by atoms with Crippen LogP contribution in [0.4, 0.5) is 0 Å². The van der Waals surface area contributed by atoms with Gasteiger partial charge in [0.25, 0.3) is 0 Å². The second-order valence-electron chi connectivity index (χ2n) is 5.83. The number of fused-ring (bicyclic) bond motifs is 1. The van der Waals surface area contributed by atoms with Gasteiger partial charge in [0.15, 0.2) is 11.5 Å². The molecule has 1 aliphatic rings. The molecule has 0 unspecified atom stereocenters. The highest BCUT2D eigenvalue weighted by Gasteiger charge is 2.31. The minimum Gasteiger partial charge on any atom is -0.493 e. The van der Waals surface area contributed by atoms with Gasteiger partial charge in [-0.25, -0.2) is 0 Å². The molecule has 0 radical (unpaired) electrons. The number of carbonyl (C=O) groups is 3. The SMILES string of the molecule is COc1ccc(/C=C/C(=O)NC2=C(Cl)C(=O)c3ccccc3C2=O)cc1OC. The van der Waals surface area contributed by atoms with E-state index < -0.39 is 17.5 Å². The number of hydrogen-bond donors (Lipinski definition) is 1. The number of nitrogens with one attached hydrogen (secondary N) is 1. The Morgan fingerprint density at radius 1 is 0.964 bits per heavy atom. The number of rotatable bonds is 5. The molecule has 6 nitrogen and oxygen atoms in total. The Morgan fingerprint density at radius 2 is 1.61 bits per heavy atom. The molecule has 0 aromatic heterocycles. The van der Waals surface area contributed by atoms with E-state index >= 15 is 0 Å². The number of halogens is 1. The molecule has 28 heavy (non-hydrogen) atoms. The maximum absolute atomic E-state index is 12.6. The third-order valence-corrected chi connectivity index (χ3v) is 4.51. The van der Waals surface area contributed by atoms with Gasteiger partial charge in [0.2, 0.25) is 17.5 Å². The average Bonchev–Trinajstić information content (AvgIpc) is 2.73. The Labute approximate surface area is 166 Å². The summed E-state index contributed by atoms with van der Waals surface area (Å²) in [5, 5.41) is 2.10. The summed E-state index contributed by atoms with van der Waals surface area (Å²) in [5.74, 6) is -0.529. The summed E-state index contributed by atoms with van der Waals surface area (Å²) in [7, 11) is 3.04. The third kappa shape index (κ3) is 3.68. The first kappa shape index (κ1) is 19.4. The summed E-state index contributed by atoms with van der Waals surface area (Å²) < 4.78 is 10.4. The molecule has 0 aliphatic heterocycles. The van der Waals surface area contributed by atoms with Crippen LogP contribution in [-0.2, 0) is 4.79 Å². The quantitative estimate of drug-likeness (QED) is 0.782. The van der Waals surface area contributed by atoms with Crippen molar-refractivity contribution in [2.24, 2.45) is 0 Å². The summed E-state index contributed by atoms with van der Waals surface area (Å²) in [4.78, 5) is 37.2. The van der Waals surface area contributed by atoms with Crippen molar-refractivity contribution in [2.45, 2.75) is 0 Å². The molecule has 0 saturated carbocycles. The first-order valence-electron chi connectivity index (χ1n) is 8.25. The highest BCUT2D eigenvalue weighted by atomic mass is 35.5. The molecule has 0 spiro atoms. The third-order valence-electron chi connectivity index (χ3n) is 4.15. The van der Waals surface area contributed by atoms with Crippen molar-refractivity contribution >= 4 is 35.2 Å². The topological polar surface area (TPSA) is 81.7 Å². The Balaban J connectivity index is 1.80. The zero-order chi connectivity index (χ0) is 20.3. The lowest BCUT2D eigenvalue weighted by Gasteiger charge is -2.17. The number of carbonyl (C=O) groups excluding carboxylic acids is 3. The standard InChI is InChI=1S/C21H16ClNO5/c1-27-15-9-7-12(11-16(15)28-2)8-10-17(24)23-19-18(22)20(25)13-5-3-4-6-14(13)21(19)26/h3-11H,1-2H3,(H,23,24)/b10-8+. The summed E-state index contributed by atoms with van der Waals surface area (Å²) in [5.41, 5.74) is 0.879. The number of hydrogen-bond acceptors (Lipinski definition) is 5. The lowest BCUT2D eigenvalue weighted by atomic mass is 9.92. The number of ether oxygens (including phenoxy) is 2. The maximum Gasteiger partial charge on any atom is 0.248 e. The van der Waals surface area contributed by atoms with Crippen molar-refractivity contribution in [3.63, 3.8) is 0 Å². The van der Waals surface area contributed by atoms with Crippen molar-refractivity contribution in [3.05, 3.63) is 76.0 Å². The van der Waals surface area contributed by atoms with Gasteiger partial charge in [0.05, 0.1) is 14.2 Å². The molecular formula is C21H16ClNO5. The summed E-state index contributed by atoms with van der Waals surface area (Å²) in [6.45, 7) is 0. The van der Waals surface area contributed by atoms with E-state index in [1.165, 1.54) is 38.5 Å². The predicted molar refractivity (Wildman–Crippen MR) is 105 cm³/mol. The smallest absolute Gasteiger partial charge is 0.248 e. The van der Waals surface area contributed by atoms with Gasteiger partial charge in [-0.05, 0) is 23.8 Å². The molecule has 1 N–H and O–H groups in total. The van der Waals surface area contributed by atoms with Crippen LogP contribution in [0.5, 0.6) is 11.5 Å². The number of Topliss-reactive ketones (excluding diaryl/α,β-unsaturated/α-hetero) is 2. The van der Waals surface area contributed by atoms with E-state index in [9.17, 15) is 14.4 Å². The minimum absolute atomic E-state index is 0.205. The van der Waals surface area contributed by atoms with E-state index in [0.717, 1.165) is 0 Å². The van der Waals surface area contributed by atoms with Crippen LogP contribution in [0.1, 0.15) is 26.3 Å². The fourth-order valence-corrected chi connectivity index (χ4v) is 2.98. The van der Waals surface area contributed by atoms with Gasteiger partial charge >= 0.3 is 0 Å². The van der Waals surface area contributed by atoms with Gasteiger partial charge < -0.3 is 14.8 Å². The van der Waals surface area contributed by atoms with Gasteiger partial charge in [0, 0.05) is 17.2 Å². The average molecular weight is 398 g/mol. The van der Waals surface area contributed by atoms with Crippen molar-refractivity contribution < 1.29 is 23.9 Å². The Morgan fingerprint density at radius 3 is 2.25 bits per heavy atom. The van der Waals surface area contributed by atoms with Crippen molar-refractivity contribution in [3.8, 4) is 11.5 Å². The van der Waals surface area contributed by atoms with E-state index in [1.54, 1.807) is 30.3 Å². The van der Waals surface area contributed by atoms with Crippen molar-refractivity contribution in [2.75, 3.05) is 14.2 Å². The van der Waals surface area contributed by atoms with E-state index in [4.69, 9.17) is 21.1 Å². The lowest BCUT2D eigenvalue weighted by molar-refractivity contribution is -0.115. The molecule has 0 saturated heterocycles. The van der Waals surface area contributed by atoms with E-state index in [1.807, 2.05) is 0 Å². The lowest BCUT2D eigenvalue weighted by Crippen LogP contribution is -2.32. The molecule has 7 heteroatoms. The Kier molecular flexibility index (Phi) is 5.61. The van der Waals surface area contributed by atoms with Crippen LogP contribution in [0.2, 0.25) is 0 Å². The highest BCUT2D eigenvalue weighted by molar-refractivity contribution is 6.50. The van der Waals surface area contributed by atoms with Crippen LogP contribution in [0.3, 0.4) is 0 Å². The zero-order valence-electron chi connectivity index (χ0n) is 15.1. The van der Waals surface area contributed by atoms with Crippen LogP contribution in [0.15, 0.2) is 59.3 Å². The largest absolute Gasteiger partial charge is 0.493 e. The van der Waals surface area contributed by atoms with Gasteiger partial charge in [-0.1, -0.05) is 41.9 Å². The maximum atomic E-state index is 12.6. The van der Waals surface area contributed by atoms with Gasteiger partial charge in [-0.3, -0.25) is 14.4 Å². The summed E-state index contributed by atoms with van der Waals surface area (Å²) in [6.07, 6.45) is 2.77. The fraction of sp³-hybridized carbons (Fsp3) is 0.0952. The van der Waals surface area contributed by atoms with Crippen LogP contribution in [0, 0.1) is 0 Å². The molecule has 0 atom stereocenters. The van der Waals surface area contributed by atoms with Gasteiger partial charge in [0.1, 0.15) is 10.7 Å². The van der Waals surface area contributed by atoms with Gasteiger partial charge in [-0.15, -0.1) is 0 Å². The Bertz CT molecular complexity index is 1040. The van der Waals surface area contributed by atoms with Crippen LogP contribution in [-0.4, -0.2) is 31.7 Å². The number of methoxy groups -OCH3 is 2. The molecular weight excluding hydrogens is 382 g/mol. The van der Waals surface area contributed by atoms with Crippen LogP contribution < -0.4 is 14.8 Å². The summed E-state index contributed by atoms with van der Waals surface area (Å²) in [6, 6.07) is 11.5. The predicted octanol–water partition coefficient (Wildman–Crippen LogP) is 3.36. The fourth-order valence-electron chi connectivity index (χ4n) is 2.75. The zero-order valence-corrected chi connectivity index (χ0v) is 15.9. The van der Waals surface area contributed by atoms with E-state index in [0.29, 0.717) is 17.1 Å². The molecule has 142 valence electrons. The first-order chi connectivity index (χ1) is 13.5. The number of ketones is 2. The molecule has 0 heterocycles. The van der Waals surface area contributed by atoms with Crippen molar-refractivity contribution in [1.29, 1.82) is 0 Å². The molecule has 2 aromatic carbocycles. The minimum atomic E-state index is -0.594. The Hall–Kier alpha value is -3.38. The second kappa shape index (κ2) is 8.10. The second-order valence-corrected chi connectivity index (χ2v) is 6.21. The number of allylic oxidation sites excluding steroid dienone is 2. The normalized spacial score (nSPS) is 13.5. The van der Waals surface area contributed by atoms with Gasteiger partial charge in [-0.2, -0.15) is 0 Å². The monoisotopic (exact) mass is 397 g/mol. The number of benzene rings is 2. The van der Waals surface area contributed by atoms with Crippen LogP contribution in [0.25, 0.3) is 6.08 Å². The summed E-state index contributed by atoms with van der Waals surface area (Å²) >= 11 is 6.03. The van der Waals surface area contributed by atoms with E-state index in [2.05, 4.69) is 5.32 Å². The molecule has 3 rings (SSSR count). The molecule has 0 fully saturated rings. The van der Waals surface area contributed by atoms with Crippen LogP contribution >= 0.6 is 11.6 Å². The highest BCUT2D eigenvalue weighted by Crippen LogP contribution is 2.28. The molecule has 1 amide bonds. The van der Waals surface area contributed by atoms with E-state index in [-0.39, 0.29) is 21.9 Å². The molecule has 0 bridgehead atoms.